The minimum absolute atomic E-state index is 0. The lowest BCUT2D eigenvalue weighted by atomic mass is 10.1. The van der Waals surface area contributed by atoms with Gasteiger partial charge in [0.15, 0.2) is 0 Å². The molecule has 0 saturated heterocycles. The van der Waals surface area contributed by atoms with Gasteiger partial charge in [0.2, 0.25) is 0 Å². The number of aromatic nitrogens is 1. The quantitative estimate of drug-likeness (QED) is 0.855. The van der Waals surface area contributed by atoms with Gasteiger partial charge in [0.1, 0.15) is 0 Å². The first-order chi connectivity index (χ1) is 5.79. The molecule has 4 heteroatoms. The monoisotopic (exact) mass is 234 g/mol. The van der Waals surface area contributed by atoms with Crippen LogP contribution in [-0.4, -0.2) is 4.98 Å². The van der Waals surface area contributed by atoms with Gasteiger partial charge in [0.25, 0.3) is 0 Å². The third kappa shape index (κ3) is 2.84. The fourth-order valence-corrected chi connectivity index (χ4v) is 1.53. The molecule has 0 amide bonds. The molecule has 0 spiro atoms. The first kappa shape index (κ1) is 13.7. The molecule has 0 aromatic carbocycles. The maximum atomic E-state index is 6.04. The van der Waals surface area contributed by atoms with Crippen molar-refractivity contribution in [3.63, 3.8) is 0 Å². The minimum atomic E-state index is 0. The smallest absolute Gasteiger partial charge is 0.0602 e. The van der Waals surface area contributed by atoms with Crippen molar-refractivity contribution in [1.29, 1.82) is 0 Å². The van der Waals surface area contributed by atoms with Crippen molar-refractivity contribution in [2.24, 2.45) is 11.7 Å². The summed E-state index contributed by atoms with van der Waals surface area (Å²) in [5.74, 6) is 0.693. The normalized spacial score (nSPS) is 16.4. The molecule has 14 heavy (non-hydrogen) atoms. The van der Waals surface area contributed by atoms with E-state index in [1.807, 2.05) is 12.3 Å². The van der Waals surface area contributed by atoms with E-state index in [0.29, 0.717) is 5.92 Å². The summed E-state index contributed by atoms with van der Waals surface area (Å²) in [5, 5.41) is 0. The van der Waals surface area contributed by atoms with Crippen LogP contribution in [0.15, 0.2) is 18.3 Å². The second kappa shape index (κ2) is 5.54. The van der Waals surface area contributed by atoms with Gasteiger partial charge in [-0.15, -0.1) is 24.8 Å². The number of hydrogen-bond donors (Lipinski definition) is 1. The predicted octanol–water partition coefficient (Wildman–Crippen LogP) is 2.64. The summed E-state index contributed by atoms with van der Waals surface area (Å²) < 4.78 is 0. The zero-order chi connectivity index (χ0) is 8.55. The van der Waals surface area contributed by atoms with Gasteiger partial charge in [-0.3, -0.25) is 4.98 Å². The van der Waals surface area contributed by atoms with Crippen LogP contribution in [0.4, 0.5) is 0 Å². The molecule has 1 fully saturated rings. The van der Waals surface area contributed by atoms with Crippen molar-refractivity contribution in [2.45, 2.75) is 25.8 Å². The number of rotatable bonds is 2. The van der Waals surface area contributed by atoms with Gasteiger partial charge < -0.3 is 5.73 Å². The Balaban J connectivity index is 0.000000845. The molecule has 2 rings (SSSR count). The topological polar surface area (TPSA) is 38.9 Å². The maximum Gasteiger partial charge on any atom is 0.0602 e. The molecular weight excluding hydrogens is 219 g/mol. The Kier molecular flexibility index (Phi) is 5.42. The van der Waals surface area contributed by atoms with Gasteiger partial charge in [-0.2, -0.15) is 0 Å². The van der Waals surface area contributed by atoms with Crippen LogP contribution in [-0.2, 0) is 0 Å². The molecule has 0 radical (unpaired) electrons. The molecule has 1 aliphatic carbocycles. The van der Waals surface area contributed by atoms with E-state index in [0.717, 1.165) is 5.69 Å². The first-order valence-corrected chi connectivity index (χ1v) is 4.46. The number of halogens is 2. The van der Waals surface area contributed by atoms with E-state index < -0.39 is 0 Å². The summed E-state index contributed by atoms with van der Waals surface area (Å²) in [6, 6.07) is 4.20. The molecule has 1 saturated carbocycles. The van der Waals surface area contributed by atoms with Crippen LogP contribution < -0.4 is 5.73 Å². The molecule has 1 atom stereocenters. The molecule has 1 aromatic rings. The number of nitrogens with two attached hydrogens (primary N) is 1. The third-order valence-electron chi connectivity index (χ3n) is 2.50. The second-order valence-corrected chi connectivity index (χ2v) is 3.57. The average Bonchev–Trinajstić information content (AvgIpc) is 2.86. The van der Waals surface area contributed by atoms with E-state index >= 15 is 0 Å². The Hall–Kier alpha value is -0.310. The lowest BCUT2D eigenvalue weighted by Gasteiger charge is -2.11. The van der Waals surface area contributed by atoms with E-state index in [9.17, 15) is 0 Å². The zero-order valence-corrected chi connectivity index (χ0v) is 9.78. The van der Waals surface area contributed by atoms with Crippen molar-refractivity contribution in [2.75, 3.05) is 0 Å². The SMILES string of the molecule is Cc1cccnc1C(N)C1CC1.Cl.Cl. The molecule has 2 N–H and O–H groups in total. The van der Waals surface area contributed by atoms with E-state index in [-0.39, 0.29) is 30.9 Å². The fourth-order valence-electron chi connectivity index (χ4n) is 1.53. The van der Waals surface area contributed by atoms with Crippen LogP contribution in [0.2, 0.25) is 0 Å². The van der Waals surface area contributed by atoms with Gasteiger partial charge >= 0.3 is 0 Å². The van der Waals surface area contributed by atoms with Crippen LogP contribution in [0.5, 0.6) is 0 Å². The molecule has 80 valence electrons. The number of aryl methyl sites for hydroxylation is 1. The predicted molar refractivity (Wildman–Crippen MR) is 63.1 cm³/mol. The van der Waals surface area contributed by atoms with Crippen LogP contribution in [0.1, 0.15) is 30.1 Å². The van der Waals surface area contributed by atoms with Crippen molar-refractivity contribution in [3.8, 4) is 0 Å². The van der Waals surface area contributed by atoms with Crippen LogP contribution >= 0.6 is 24.8 Å². The summed E-state index contributed by atoms with van der Waals surface area (Å²) in [6.07, 6.45) is 4.37. The summed E-state index contributed by atoms with van der Waals surface area (Å²) in [4.78, 5) is 4.31. The molecular formula is C10H16Cl2N2. The van der Waals surface area contributed by atoms with Crippen LogP contribution in [0.3, 0.4) is 0 Å². The lowest BCUT2D eigenvalue weighted by molar-refractivity contribution is 0.610. The summed E-state index contributed by atoms with van der Waals surface area (Å²) in [6.45, 7) is 2.07. The Bertz CT molecular complexity index is 287. The summed E-state index contributed by atoms with van der Waals surface area (Å²) >= 11 is 0. The first-order valence-electron chi connectivity index (χ1n) is 4.46. The van der Waals surface area contributed by atoms with Gasteiger partial charge in [-0.1, -0.05) is 6.07 Å². The Morgan fingerprint density at radius 1 is 1.43 bits per heavy atom. The summed E-state index contributed by atoms with van der Waals surface area (Å²) in [7, 11) is 0. The molecule has 1 unspecified atom stereocenters. The summed E-state index contributed by atoms with van der Waals surface area (Å²) in [5.41, 5.74) is 8.34. The van der Waals surface area contributed by atoms with Crippen LogP contribution in [0.25, 0.3) is 0 Å². The Morgan fingerprint density at radius 2 is 2.07 bits per heavy atom. The Labute approximate surface area is 97.1 Å². The largest absolute Gasteiger partial charge is 0.322 e. The third-order valence-corrected chi connectivity index (χ3v) is 2.50. The van der Waals surface area contributed by atoms with Gasteiger partial charge in [0.05, 0.1) is 11.7 Å². The highest BCUT2D eigenvalue weighted by molar-refractivity contribution is 5.85. The lowest BCUT2D eigenvalue weighted by Crippen LogP contribution is -2.15. The minimum Gasteiger partial charge on any atom is -0.322 e. The average molecular weight is 235 g/mol. The van der Waals surface area contributed by atoms with E-state index in [2.05, 4.69) is 18.0 Å². The number of nitrogens with zero attached hydrogens (tertiary/aromatic N) is 1. The van der Waals surface area contributed by atoms with Gasteiger partial charge in [0, 0.05) is 6.20 Å². The second-order valence-electron chi connectivity index (χ2n) is 3.57. The Morgan fingerprint density at radius 3 is 2.57 bits per heavy atom. The molecule has 0 bridgehead atoms. The molecule has 0 aliphatic heterocycles. The van der Waals surface area contributed by atoms with Crippen molar-refractivity contribution >= 4 is 24.8 Å². The van der Waals surface area contributed by atoms with Gasteiger partial charge in [-0.05, 0) is 37.3 Å². The van der Waals surface area contributed by atoms with Crippen molar-refractivity contribution in [3.05, 3.63) is 29.6 Å². The fraction of sp³-hybridized carbons (Fsp3) is 0.500. The number of pyridine rings is 1. The highest BCUT2D eigenvalue weighted by atomic mass is 35.5. The van der Waals surface area contributed by atoms with Crippen molar-refractivity contribution < 1.29 is 0 Å². The molecule has 2 nitrogen and oxygen atoms in total. The number of hydrogen-bond acceptors (Lipinski definition) is 2. The highest BCUT2D eigenvalue weighted by Crippen LogP contribution is 2.39. The molecule has 1 aromatic heterocycles. The van der Waals surface area contributed by atoms with E-state index in [1.54, 1.807) is 0 Å². The van der Waals surface area contributed by atoms with Crippen LogP contribution in [0, 0.1) is 12.8 Å². The molecule has 1 aliphatic rings. The van der Waals surface area contributed by atoms with Gasteiger partial charge in [-0.25, -0.2) is 0 Å². The standard InChI is InChI=1S/C10H14N2.2ClH/c1-7-3-2-6-12-10(7)9(11)8-4-5-8;;/h2-3,6,8-9H,4-5,11H2,1H3;2*1H. The van der Waals surface area contributed by atoms with E-state index in [1.165, 1.54) is 18.4 Å². The highest BCUT2D eigenvalue weighted by Gasteiger charge is 2.30. The van der Waals surface area contributed by atoms with E-state index in [4.69, 9.17) is 5.73 Å². The molecule has 1 heterocycles. The van der Waals surface area contributed by atoms with Crippen molar-refractivity contribution in [1.82, 2.24) is 4.98 Å². The maximum absolute atomic E-state index is 6.04. The zero-order valence-electron chi connectivity index (χ0n) is 8.14.